The van der Waals surface area contributed by atoms with E-state index in [0.717, 1.165) is 11.1 Å². The van der Waals surface area contributed by atoms with E-state index in [1.165, 1.54) is 0 Å². The largest absolute Gasteiger partial charge is 0.476 e. The lowest BCUT2D eigenvalue weighted by atomic mass is 10.0. The van der Waals surface area contributed by atoms with Crippen molar-refractivity contribution in [3.05, 3.63) is 41.2 Å². The Labute approximate surface area is 121 Å². The summed E-state index contributed by atoms with van der Waals surface area (Å²) in [4.78, 5) is 22.9. The van der Waals surface area contributed by atoms with E-state index in [2.05, 4.69) is 10.4 Å². The molecule has 0 bridgehead atoms. The van der Waals surface area contributed by atoms with Crippen molar-refractivity contribution < 1.29 is 14.7 Å². The minimum Gasteiger partial charge on any atom is -0.476 e. The number of aromatic nitrogens is 2. The van der Waals surface area contributed by atoms with Gasteiger partial charge in [-0.3, -0.25) is 9.48 Å². The predicted molar refractivity (Wildman–Crippen MR) is 76.2 cm³/mol. The van der Waals surface area contributed by atoms with Crippen LogP contribution in [0.25, 0.3) is 11.1 Å². The van der Waals surface area contributed by atoms with Crippen LogP contribution in [0.2, 0.25) is 0 Å². The van der Waals surface area contributed by atoms with Crippen LogP contribution in [-0.2, 0) is 6.54 Å². The molecule has 0 radical (unpaired) electrons. The Hall–Kier alpha value is -2.63. The number of carboxylic acid groups (broad SMARTS) is 1. The number of hydrogen-bond donors (Lipinski definition) is 2. The summed E-state index contributed by atoms with van der Waals surface area (Å²) >= 11 is 0. The summed E-state index contributed by atoms with van der Waals surface area (Å²) in [5.41, 5.74) is 2.88. The number of carbonyl (C=O) groups is 2. The molecule has 3 rings (SSSR count). The average Bonchev–Trinajstić information content (AvgIpc) is 3.03. The van der Waals surface area contributed by atoms with Crippen LogP contribution in [0.1, 0.15) is 46.3 Å². The maximum absolute atomic E-state index is 11.6. The van der Waals surface area contributed by atoms with Crippen LogP contribution in [0.4, 0.5) is 0 Å². The lowest BCUT2D eigenvalue weighted by Gasteiger charge is -2.03. The Morgan fingerprint density at radius 1 is 1.38 bits per heavy atom. The molecule has 108 valence electrons. The molecule has 0 fully saturated rings. The highest BCUT2D eigenvalue weighted by Crippen LogP contribution is 2.28. The Morgan fingerprint density at radius 2 is 2.14 bits per heavy atom. The van der Waals surface area contributed by atoms with Crippen LogP contribution in [0.5, 0.6) is 0 Å². The van der Waals surface area contributed by atoms with E-state index >= 15 is 0 Å². The van der Waals surface area contributed by atoms with Gasteiger partial charge in [-0.15, -0.1) is 0 Å². The number of rotatable bonds is 3. The predicted octanol–water partition coefficient (Wildman–Crippen LogP) is 2.07. The van der Waals surface area contributed by atoms with E-state index < -0.39 is 5.97 Å². The average molecular weight is 285 g/mol. The first-order valence-electron chi connectivity index (χ1n) is 6.71. The Balaban J connectivity index is 2.12. The number of amides is 1. The highest BCUT2D eigenvalue weighted by molar-refractivity contribution is 5.99. The number of nitrogens with zero attached hydrogens (tertiary/aromatic N) is 2. The maximum atomic E-state index is 11.6. The molecule has 0 saturated heterocycles. The fourth-order valence-electron chi connectivity index (χ4n) is 2.43. The second-order valence-electron chi connectivity index (χ2n) is 5.32. The third kappa shape index (κ3) is 2.18. The van der Waals surface area contributed by atoms with Crippen molar-refractivity contribution in [2.75, 3.05) is 0 Å². The van der Waals surface area contributed by atoms with Crippen LogP contribution in [0, 0.1) is 0 Å². The third-order valence-corrected chi connectivity index (χ3v) is 3.56. The van der Waals surface area contributed by atoms with Gasteiger partial charge in [0.1, 0.15) is 0 Å². The van der Waals surface area contributed by atoms with E-state index in [-0.39, 0.29) is 17.6 Å². The highest BCUT2D eigenvalue weighted by Gasteiger charge is 2.22. The van der Waals surface area contributed by atoms with Crippen LogP contribution in [-0.4, -0.2) is 26.8 Å². The Kier molecular flexibility index (Phi) is 3.01. The minimum atomic E-state index is -1.06. The quantitative estimate of drug-likeness (QED) is 0.904. The van der Waals surface area contributed by atoms with Gasteiger partial charge in [0.25, 0.3) is 5.91 Å². The van der Waals surface area contributed by atoms with Crippen LogP contribution in [0.3, 0.4) is 0 Å². The van der Waals surface area contributed by atoms with Gasteiger partial charge in [-0.1, -0.05) is 6.07 Å². The number of nitrogens with one attached hydrogen (secondary N) is 1. The van der Waals surface area contributed by atoms with Crippen molar-refractivity contribution in [3.63, 3.8) is 0 Å². The molecule has 21 heavy (non-hydrogen) atoms. The molecular weight excluding hydrogens is 270 g/mol. The highest BCUT2D eigenvalue weighted by atomic mass is 16.4. The molecule has 0 spiro atoms. The Morgan fingerprint density at radius 3 is 2.81 bits per heavy atom. The number of fused-ring (bicyclic) bond motifs is 1. The van der Waals surface area contributed by atoms with Gasteiger partial charge in [0.2, 0.25) is 0 Å². The molecule has 2 heterocycles. The van der Waals surface area contributed by atoms with Gasteiger partial charge >= 0.3 is 5.97 Å². The zero-order chi connectivity index (χ0) is 15.1. The molecule has 1 aliphatic heterocycles. The van der Waals surface area contributed by atoms with Crippen molar-refractivity contribution in [1.82, 2.24) is 15.1 Å². The zero-order valence-corrected chi connectivity index (χ0v) is 11.8. The van der Waals surface area contributed by atoms with Gasteiger partial charge < -0.3 is 10.4 Å². The number of carboxylic acids is 1. The van der Waals surface area contributed by atoms with Gasteiger partial charge in [-0.25, -0.2) is 4.79 Å². The monoisotopic (exact) mass is 285 g/mol. The third-order valence-electron chi connectivity index (χ3n) is 3.56. The lowest BCUT2D eigenvalue weighted by molar-refractivity contribution is 0.0690. The zero-order valence-electron chi connectivity index (χ0n) is 11.8. The van der Waals surface area contributed by atoms with Gasteiger partial charge in [0, 0.05) is 29.9 Å². The van der Waals surface area contributed by atoms with E-state index in [1.807, 2.05) is 19.9 Å². The lowest BCUT2D eigenvalue weighted by Crippen LogP contribution is -2.12. The molecule has 0 aliphatic carbocycles. The van der Waals surface area contributed by atoms with Crippen molar-refractivity contribution in [2.45, 2.75) is 26.4 Å². The normalized spacial score (nSPS) is 13.4. The van der Waals surface area contributed by atoms with Crippen LogP contribution < -0.4 is 5.32 Å². The molecule has 2 N–H and O–H groups in total. The Bertz CT molecular complexity index is 747. The molecule has 0 saturated carbocycles. The topological polar surface area (TPSA) is 84.2 Å². The number of aromatic carboxylic acids is 1. The van der Waals surface area contributed by atoms with Gasteiger partial charge in [-0.2, -0.15) is 5.10 Å². The molecular formula is C15H15N3O3. The van der Waals surface area contributed by atoms with Gasteiger partial charge in [0.05, 0.1) is 0 Å². The smallest absolute Gasteiger partial charge is 0.357 e. The van der Waals surface area contributed by atoms with Crippen molar-refractivity contribution in [2.24, 2.45) is 0 Å². The fourth-order valence-corrected chi connectivity index (χ4v) is 2.43. The van der Waals surface area contributed by atoms with Crippen LogP contribution >= 0.6 is 0 Å². The van der Waals surface area contributed by atoms with E-state index in [0.29, 0.717) is 17.7 Å². The van der Waals surface area contributed by atoms with Crippen molar-refractivity contribution in [1.29, 1.82) is 0 Å². The summed E-state index contributed by atoms with van der Waals surface area (Å²) < 4.78 is 1.63. The molecule has 6 heteroatoms. The first-order chi connectivity index (χ1) is 9.97. The number of hydrogen-bond acceptors (Lipinski definition) is 3. The molecule has 1 aromatic carbocycles. The van der Waals surface area contributed by atoms with Gasteiger partial charge in [0.15, 0.2) is 5.69 Å². The summed E-state index contributed by atoms with van der Waals surface area (Å²) in [6, 6.07) is 5.42. The molecule has 0 unspecified atom stereocenters. The summed E-state index contributed by atoms with van der Waals surface area (Å²) in [5.74, 6) is -1.15. The van der Waals surface area contributed by atoms with Gasteiger partial charge in [-0.05, 0) is 37.1 Å². The van der Waals surface area contributed by atoms with Crippen LogP contribution in [0.15, 0.2) is 24.4 Å². The first-order valence-corrected chi connectivity index (χ1v) is 6.71. The summed E-state index contributed by atoms with van der Waals surface area (Å²) in [6.07, 6.45) is 1.74. The van der Waals surface area contributed by atoms with E-state index in [4.69, 9.17) is 0 Å². The second kappa shape index (κ2) is 4.73. The fraction of sp³-hybridized carbons (Fsp3) is 0.267. The summed E-state index contributed by atoms with van der Waals surface area (Å²) in [5, 5.41) is 16.2. The molecule has 6 nitrogen and oxygen atoms in total. The molecule has 2 aromatic rings. The molecule has 0 atom stereocenters. The summed E-state index contributed by atoms with van der Waals surface area (Å²) in [7, 11) is 0. The number of benzene rings is 1. The van der Waals surface area contributed by atoms with Crippen molar-refractivity contribution in [3.8, 4) is 11.1 Å². The summed E-state index contributed by atoms with van der Waals surface area (Å²) in [6.45, 7) is 4.35. The molecule has 1 aromatic heterocycles. The number of carbonyl (C=O) groups excluding carboxylic acids is 1. The SMILES string of the molecule is CC(C)n1cc(-c2ccc3c(c2)CNC3=O)c(C(=O)O)n1. The second-order valence-corrected chi connectivity index (χ2v) is 5.32. The standard InChI is InChI=1S/C15H15N3O3/c1-8(2)18-7-12(13(17-18)15(20)21)9-3-4-11-10(5-9)6-16-14(11)19/h3-5,7-8H,6H2,1-2H3,(H,16,19)(H,20,21). The van der Waals surface area contributed by atoms with E-state index in [9.17, 15) is 14.7 Å². The van der Waals surface area contributed by atoms with Crippen molar-refractivity contribution >= 4 is 11.9 Å². The first kappa shape index (κ1) is 13.4. The maximum Gasteiger partial charge on any atom is 0.357 e. The molecule has 1 aliphatic rings. The minimum absolute atomic E-state index is 0.0286. The van der Waals surface area contributed by atoms with E-state index in [1.54, 1.807) is 23.0 Å². The molecule has 1 amide bonds.